The van der Waals surface area contributed by atoms with Crippen LogP contribution in [0.4, 0.5) is 0 Å². The molecular formula is C13H27NO2. The number of hydrogen-bond acceptors (Lipinski definition) is 3. The molecule has 0 aliphatic heterocycles. The number of aliphatic hydroxyl groups excluding tert-OH is 1. The molecule has 0 radical (unpaired) electrons. The summed E-state index contributed by atoms with van der Waals surface area (Å²) in [6.07, 6.45) is 6.08. The van der Waals surface area contributed by atoms with Crippen LogP contribution in [0.2, 0.25) is 0 Å². The maximum atomic E-state index is 8.75. The Morgan fingerprint density at radius 2 is 2.00 bits per heavy atom. The van der Waals surface area contributed by atoms with Gasteiger partial charge in [-0.3, -0.25) is 4.90 Å². The Balaban J connectivity index is 2.19. The second kappa shape index (κ2) is 8.04. The normalized spacial score (nSPS) is 18.0. The molecule has 1 atom stereocenters. The van der Waals surface area contributed by atoms with Crippen LogP contribution in [0.3, 0.4) is 0 Å². The summed E-state index contributed by atoms with van der Waals surface area (Å²) in [5.74, 6) is 0.926. The van der Waals surface area contributed by atoms with Gasteiger partial charge in [-0.05, 0) is 51.5 Å². The van der Waals surface area contributed by atoms with E-state index in [2.05, 4.69) is 11.8 Å². The van der Waals surface area contributed by atoms with Crippen molar-refractivity contribution in [3.8, 4) is 0 Å². The third-order valence-corrected chi connectivity index (χ3v) is 3.57. The lowest BCUT2D eigenvalue weighted by molar-refractivity contribution is 0.115. The molecule has 1 unspecified atom stereocenters. The van der Waals surface area contributed by atoms with E-state index in [4.69, 9.17) is 9.84 Å². The zero-order valence-electron chi connectivity index (χ0n) is 10.8. The smallest absolute Gasteiger partial charge is 0.0589 e. The topological polar surface area (TPSA) is 32.7 Å². The minimum Gasteiger partial charge on any atom is -0.396 e. The summed E-state index contributed by atoms with van der Waals surface area (Å²) >= 11 is 0. The molecule has 0 heterocycles. The van der Waals surface area contributed by atoms with Gasteiger partial charge in [-0.25, -0.2) is 0 Å². The summed E-state index contributed by atoms with van der Waals surface area (Å²) in [6, 6.07) is 0.712. The molecule has 3 nitrogen and oxygen atoms in total. The Labute approximate surface area is 99.8 Å². The Kier molecular flexibility index (Phi) is 7.01. The lowest BCUT2D eigenvalue weighted by Gasteiger charge is -2.29. The van der Waals surface area contributed by atoms with Gasteiger partial charge in [-0.15, -0.1) is 0 Å². The SMILES string of the molecule is COCCN(CCCCCO)C(C)C1CC1. The first-order valence-corrected chi connectivity index (χ1v) is 6.63. The molecule has 0 aromatic rings. The van der Waals surface area contributed by atoms with Gasteiger partial charge < -0.3 is 9.84 Å². The molecule has 0 bridgehead atoms. The fourth-order valence-corrected chi connectivity index (χ4v) is 2.21. The van der Waals surface area contributed by atoms with E-state index in [1.807, 2.05) is 0 Å². The first kappa shape index (κ1) is 13.9. The van der Waals surface area contributed by atoms with Crippen molar-refractivity contribution in [1.82, 2.24) is 4.90 Å². The molecule has 0 saturated heterocycles. The van der Waals surface area contributed by atoms with Gasteiger partial charge in [-0.2, -0.15) is 0 Å². The summed E-state index contributed by atoms with van der Waals surface area (Å²) in [5.41, 5.74) is 0. The van der Waals surface area contributed by atoms with Crippen molar-refractivity contribution >= 4 is 0 Å². The fraction of sp³-hybridized carbons (Fsp3) is 1.00. The highest BCUT2D eigenvalue weighted by molar-refractivity contribution is 4.85. The molecule has 0 aromatic heterocycles. The number of aliphatic hydroxyl groups is 1. The lowest BCUT2D eigenvalue weighted by atomic mass is 10.1. The molecule has 1 rings (SSSR count). The van der Waals surface area contributed by atoms with Crippen molar-refractivity contribution < 1.29 is 9.84 Å². The second-order valence-electron chi connectivity index (χ2n) is 4.89. The van der Waals surface area contributed by atoms with Gasteiger partial charge in [0.15, 0.2) is 0 Å². The number of rotatable bonds is 10. The first-order valence-electron chi connectivity index (χ1n) is 6.63. The van der Waals surface area contributed by atoms with Gasteiger partial charge in [0.2, 0.25) is 0 Å². The van der Waals surface area contributed by atoms with Gasteiger partial charge >= 0.3 is 0 Å². The molecule has 16 heavy (non-hydrogen) atoms. The molecule has 0 aromatic carbocycles. The minimum absolute atomic E-state index is 0.330. The van der Waals surface area contributed by atoms with Gasteiger partial charge in [0, 0.05) is 26.3 Å². The van der Waals surface area contributed by atoms with Crippen molar-refractivity contribution in [2.45, 2.75) is 45.1 Å². The van der Waals surface area contributed by atoms with Crippen LogP contribution in [0.25, 0.3) is 0 Å². The zero-order chi connectivity index (χ0) is 11.8. The molecule has 1 aliphatic carbocycles. The summed E-state index contributed by atoms with van der Waals surface area (Å²) in [4.78, 5) is 2.55. The van der Waals surface area contributed by atoms with E-state index in [0.717, 1.165) is 38.5 Å². The monoisotopic (exact) mass is 229 g/mol. The lowest BCUT2D eigenvalue weighted by Crippen LogP contribution is -2.37. The maximum Gasteiger partial charge on any atom is 0.0589 e. The molecule has 1 fully saturated rings. The third kappa shape index (κ3) is 5.28. The molecule has 0 spiro atoms. The third-order valence-electron chi connectivity index (χ3n) is 3.57. The predicted molar refractivity (Wildman–Crippen MR) is 66.6 cm³/mol. The Hall–Kier alpha value is -0.120. The zero-order valence-corrected chi connectivity index (χ0v) is 10.8. The molecule has 1 aliphatic rings. The molecule has 1 N–H and O–H groups in total. The number of ether oxygens (including phenoxy) is 1. The van der Waals surface area contributed by atoms with Crippen LogP contribution in [0, 0.1) is 5.92 Å². The van der Waals surface area contributed by atoms with E-state index in [1.165, 1.54) is 19.3 Å². The van der Waals surface area contributed by atoms with E-state index in [1.54, 1.807) is 7.11 Å². The van der Waals surface area contributed by atoms with Gasteiger partial charge in [0.1, 0.15) is 0 Å². The van der Waals surface area contributed by atoms with Crippen LogP contribution < -0.4 is 0 Å². The van der Waals surface area contributed by atoms with Crippen LogP contribution >= 0.6 is 0 Å². The Morgan fingerprint density at radius 3 is 2.56 bits per heavy atom. The van der Waals surface area contributed by atoms with Crippen LogP contribution in [0.5, 0.6) is 0 Å². The number of unbranched alkanes of at least 4 members (excludes halogenated alkanes) is 2. The summed E-state index contributed by atoms with van der Waals surface area (Å²) in [6.45, 7) is 5.71. The molecule has 0 amide bonds. The van der Waals surface area contributed by atoms with Crippen molar-refractivity contribution in [3.05, 3.63) is 0 Å². The van der Waals surface area contributed by atoms with E-state index >= 15 is 0 Å². The van der Waals surface area contributed by atoms with Gasteiger partial charge in [-0.1, -0.05) is 0 Å². The minimum atomic E-state index is 0.330. The molecule has 96 valence electrons. The average molecular weight is 229 g/mol. The molecule has 3 heteroatoms. The second-order valence-corrected chi connectivity index (χ2v) is 4.89. The van der Waals surface area contributed by atoms with Gasteiger partial charge in [0.05, 0.1) is 6.61 Å². The van der Waals surface area contributed by atoms with E-state index in [9.17, 15) is 0 Å². The Morgan fingerprint density at radius 1 is 1.25 bits per heavy atom. The summed E-state index contributed by atoms with van der Waals surface area (Å²) < 4.78 is 5.17. The van der Waals surface area contributed by atoms with Crippen molar-refractivity contribution in [2.24, 2.45) is 5.92 Å². The quantitative estimate of drug-likeness (QED) is 0.581. The largest absolute Gasteiger partial charge is 0.396 e. The van der Waals surface area contributed by atoms with Crippen LogP contribution in [0.1, 0.15) is 39.0 Å². The fourth-order valence-electron chi connectivity index (χ4n) is 2.21. The highest BCUT2D eigenvalue weighted by Crippen LogP contribution is 2.35. The summed E-state index contributed by atoms with van der Waals surface area (Å²) in [7, 11) is 1.77. The molecular weight excluding hydrogens is 202 g/mol. The van der Waals surface area contributed by atoms with Crippen molar-refractivity contribution in [2.75, 3.05) is 33.4 Å². The number of hydrogen-bond donors (Lipinski definition) is 1. The standard InChI is InChI=1S/C13H27NO2/c1-12(13-6-7-13)14(9-11-16-2)8-4-3-5-10-15/h12-13,15H,3-11H2,1-2H3. The predicted octanol–water partition coefficient (Wildman–Crippen LogP) is 1.90. The van der Waals surface area contributed by atoms with Crippen LogP contribution in [-0.4, -0.2) is 49.5 Å². The molecule has 1 saturated carbocycles. The van der Waals surface area contributed by atoms with Gasteiger partial charge in [0.25, 0.3) is 0 Å². The number of methoxy groups -OCH3 is 1. The van der Waals surface area contributed by atoms with E-state index < -0.39 is 0 Å². The van der Waals surface area contributed by atoms with Crippen molar-refractivity contribution in [3.63, 3.8) is 0 Å². The Bertz CT molecular complexity index is 171. The average Bonchev–Trinajstić information content (AvgIpc) is 3.11. The first-order chi connectivity index (χ1) is 7.79. The van der Waals surface area contributed by atoms with E-state index in [-0.39, 0.29) is 0 Å². The van der Waals surface area contributed by atoms with Crippen LogP contribution in [-0.2, 0) is 4.74 Å². The number of nitrogens with zero attached hydrogens (tertiary/aromatic N) is 1. The highest BCUT2D eigenvalue weighted by Gasteiger charge is 2.31. The van der Waals surface area contributed by atoms with E-state index in [0.29, 0.717) is 12.6 Å². The van der Waals surface area contributed by atoms with Crippen molar-refractivity contribution in [1.29, 1.82) is 0 Å². The maximum absolute atomic E-state index is 8.75. The van der Waals surface area contributed by atoms with Crippen LogP contribution in [0.15, 0.2) is 0 Å². The summed E-state index contributed by atoms with van der Waals surface area (Å²) in [5, 5.41) is 8.75. The highest BCUT2D eigenvalue weighted by atomic mass is 16.5.